The van der Waals surface area contributed by atoms with Crippen molar-refractivity contribution in [3.05, 3.63) is 29.1 Å². The Morgan fingerprint density at radius 3 is 2.40 bits per heavy atom. The number of hydrogen-bond acceptors (Lipinski definition) is 2. The van der Waals surface area contributed by atoms with Gasteiger partial charge in [-0.15, -0.1) is 11.8 Å². The van der Waals surface area contributed by atoms with Crippen LogP contribution >= 0.6 is 11.8 Å². The molecule has 0 radical (unpaired) electrons. The molecule has 1 unspecified atom stereocenters. The van der Waals surface area contributed by atoms with Crippen LogP contribution in [0.25, 0.3) is 0 Å². The van der Waals surface area contributed by atoms with E-state index in [-0.39, 0.29) is 0 Å². The van der Waals surface area contributed by atoms with E-state index in [0.29, 0.717) is 11.8 Å². The second-order valence-corrected chi connectivity index (χ2v) is 3.95. The van der Waals surface area contributed by atoms with Crippen molar-refractivity contribution in [3.63, 3.8) is 0 Å². The van der Waals surface area contributed by atoms with Gasteiger partial charge in [0.15, 0.2) is 11.6 Å². The molecular weight excluding hydrogens is 232 g/mol. The van der Waals surface area contributed by atoms with Gasteiger partial charge in [-0.1, -0.05) is 6.92 Å². The van der Waals surface area contributed by atoms with Gasteiger partial charge in [0.25, 0.3) is 0 Å². The van der Waals surface area contributed by atoms with Crippen LogP contribution in [0.1, 0.15) is 18.8 Å². The van der Waals surface area contributed by atoms with E-state index in [1.807, 2.05) is 0 Å². The Kier molecular flexibility index (Phi) is 3.98. The maximum Gasteiger partial charge on any atom is 0.225 e. The molecule has 84 valence electrons. The van der Waals surface area contributed by atoms with Crippen LogP contribution in [0.15, 0.2) is 11.0 Å². The molecule has 0 saturated heterocycles. The lowest BCUT2D eigenvalue weighted by atomic mass is 10.2. The van der Waals surface area contributed by atoms with E-state index in [4.69, 9.17) is 5.11 Å². The second-order valence-electron chi connectivity index (χ2n) is 2.67. The molecule has 1 aromatic carbocycles. The van der Waals surface area contributed by atoms with Gasteiger partial charge in [0, 0.05) is 0 Å². The topological polar surface area (TPSA) is 20.2 Å². The molecule has 0 aromatic heterocycles. The van der Waals surface area contributed by atoms with Crippen LogP contribution in [0.5, 0.6) is 0 Å². The standard InChI is InChI=1S/C9H8F4OS/c1-2-15-8-5(10)3-4(9(13)14)6(11)7(8)12/h3,9,14H,2H2,1H3. The first-order valence-corrected chi connectivity index (χ1v) is 5.09. The Morgan fingerprint density at radius 1 is 1.33 bits per heavy atom. The molecule has 1 nitrogen and oxygen atoms in total. The molecule has 0 spiro atoms. The van der Waals surface area contributed by atoms with Gasteiger partial charge in [-0.2, -0.15) is 0 Å². The zero-order chi connectivity index (χ0) is 11.6. The van der Waals surface area contributed by atoms with Gasteiger partial charge >= 0.3 is 0 Å². The second kappa shape index (κ2) is 4.85. The van der Waals surface area contributed by atoms with Crippen LogP contribution in [-0.4, -0.2) is 10.9 Å². The molecule has 0 aliphatic heterocycles. The van der Waals surface area contributed by atoms with E-state index in [1.165, 1.54) is 0 Å². The van der Waals surface area contributed by atoms with Crippen LogP contribution in [0, 0.1) is 17.5 Å². The Labute approximate surface area is 88.1 Å². The molecule has 1 aromatic rings. The molecule has 0 aliphatic carbocycles. The highest BCUT2D eigenvalue weighted by Crippen LogP contribution is 2.31. The summed E-state index contributed by atoms with van der Waals surface area (Å²) in [6.45, 7) is 1.64. The van der Waals surface area contributed by atoms with E-state index in [9.17, 15) is 17.6 Å². The Morgan fingerprint density at radius 2 is 1.93 bits per heavy atom. The largest absolute Gasteiger partial charge is 0.360 e. The van der Waals surface area contributed by atoms with Gasteiger partial charge in [-0.05, 0) is 11.8 Å². The van der Waals surface area contributed by atoms with Crippen molar-refractivity contribution in [1.82, 2.24) is 0 Å². The van der Waals surface area contributed by atoms with Gasteiger partial charge in [-0.25, -0.2) is 17.6 Å². The predicted octanol–water partition coefficient (Wildman–Crippen LogP) is 3.18. The molecule has 0 bridgehead atoms. The first-order chi connectivity index (χ1) is 6.99. The smallest absolute Gasteiger partial charge is 0.225 e. The minimum atomic E-state index is -2.73. The van der Waals surface area contributed by atoms with E-state index < -0.39 is 34.3 Å². The summed E-state index contributed by atoms with van der Waals surface area (Å²) >= 11 is 0.769. The Bertz CT molecular complexity index is 368. The van der Waals surface area contributed by atoms with Gasteiger partial charge < -0.3 is 5.11 Å². The van der Waals surface area contributed by atoms with Crippen LogP contribution in [0.3, 0.4) is 0 Å². The number of halogens is 4. The minimum Gasteiger partial charge on any atom is -0.360 e. The van der Waals surface area contributed by atoms with Gasteiger partial charge in [0.05, 0.1) is 10.5 Å². The lowest BCUT2D eigenvalue weighted by Crippen LogP contribution is -2.02. The van der Waals surface area contributed by atoms with E-state index >= 15 is 0 Å². The third-order valence-corrected chi connectivity index (χ3v) is 2.64. The third kappa shape index (κ3) is 2.43. The summed E-state index contributed by atoms with van der Waals surface area (Å²) in [6, 6.07) is 0.459. The van der Waals surface area contributed by atoms with Crippen molar-refractivity contribution in [1.29, 1.82) is 0 Å². The molecule has 1 rings (SSSR count). The molecule has 0 amide bonds. The number of benzene rings is 1. The summed E-state index contributed by atoms with van der Waals surface area (Å²) in [5, 5.41) is 8.43. The van der Waals surface area contributed by atoms with Crippen molar-refractivity contribution >= 4 is 11.8 Å². The summed E-state index contributed by atoms with van der Waals surface area (Å²) in [7, 11) is 0. The fourth-order valence-corrected chi connectivity index (χ4v) is 1.75. The molecule has 0 aliphatic rings. The number of hydrogen-bond donors (Lipinski definition) is 1. The minimum absolute atomic E-state index is 0.352. The summed E-state index contributed by atoms with van der Waals surface area (Å²) < 4.78 is 51.7. The average Bonchev–Trinajstić information content (AvgIpc) is 2.18. The fraction of sp³-hybridized carbons (Fsp3) is 0.333. The monoisotopic (exact) mass is 240 g/mol. The van der Waals surface area contributed by atoms with Crippen molar-refractivity contribution in [2.24, 2.45) is 0 Å². The summed E-state index contributed by atoms with van der Waals surface area (Å²) in [5.41, 5.74) is -1.02. The van der Waals surface area contributed by atoms with Crippen molar-refractivity contribution in [3.8, 4) is 0 Å². The molecule has 0 saturated carbocycles. The highest BCUT2D eigenvalue weighted by Gasteiger charge is 2.22. The molecule has 1 atom stereocenters. The molecule has 6 heteroatoms. The van der Waals surface area contributed by atoms with E-state index in [1.54, 1.807) is 6.92 Å². The molecule has 0 heterocycles. The maximum absolute atomic E-state index is 13.2. The highest BCUT2D eigenvalue weighted by atomic mass is 32.2. The van der Waals surface area contributed by atoms with Crippen LogP contribution < -0.4 is 0 Å². The lowest BCUT2D eigenvalue weighted by Gasteiger charge is -2.09. The van der Waals surface area contributed by atoms with Crippen molar-refractivity contribution < 1.29 is 22.7 Å². The predicted molar refractivity (Wildman–Crippen MR) is 48.8 cm³/mol. The van der Waals surface area contributed by atoms with E-state index in [0.717, 1.165) is 11.8 Å². The number of aliphatic hydroxyl groups is 1. The summed E-state index contributed by atoms with van der Waals surface area (Å²) in [6.07, 6.45) is -2.73. The molecule has 0 fully saturated rings. The number of alkyl halides is 1. The van der Waals surface area contributed by atoms with Crippen molar-refractivity contribution in [2.45, 2.75) is 18.2 Å². The highest BCUT2D eigenvalue weighted by molar-refractivity contribution is 7.99. The van der Waals surface area contributed by atoms with Crippen LogP contribution in [-0.2, 0) is 0 Å². The Balaban J connectivity index is 3.31. The number of rotatable bonds is 3. The zero-order valence-corrected chi connectivity index (χ0v) is 8.55. The van der Waals surface area contributed by atoms with Gasteiger partial charge in [0.2, 0.25) is 6.36 Å². The first-order valence-electron chi connectivity index (χ1n) is 4.11. The van der Waals surface area contributed by atoms with Crippen LogP contribution in [0.2, 0.25) is 0 Å². The molecule has 1 N–H and O–H groups in total. The fourth-order valence-electron chi connectivity index (χ4n) is 1.05. The lowest BCUT2D eigenvalue weighted by molar-refractivity contribution is 0.0366. The van der Waals surface area contributed by atoms with E-state index in [2.05, 4.69) is 0 Å². The number of aliphatic hydroxyl groups excluding tert-OH is 1. The normalized spacial score (nSPS) is 12.9. The zero-order valence-electron chi connectivity index (χ0n) is 7.73. The van der Waals surface area contributed by atoms with Gasteiger partial charge in [0.1, 0.15) is 5.82 Å². The third-order valence-electron chi connectivity index (χ3n) is 1.69. The number of thioether (sulfide) groups is 1. The van der Waals surface area contributed by atoms with Crippen molar-refractivity contribution in [2.75, 3.05) is 5.75 Å². The Hall–Kier alpha value is -0.750. The molecule has 15 heavy (non-hydrogen) atoms. The average molecular weight is 240 g/mol. The quantitative estimate of drug-likeness (QED) is 0.497. The SMILES string of the molecule is CCSc1c(F)cc(C(O)F)c(F)c1F. The van der Waals surface area contributed by atoms with Crippen LogP contribution in [0.4, 0.5) is 17.6 Å². The summed E-state index contributed by atoms with van der Waals surface area (Å²) in [4.78, 5) is -0.501. The van der Waals surface area contributed by atoms with Gasteiger partial charge in [-0.3, -0.25) is 0 Å². The maximum atomic E-state index is 13.2. The summed E-state index contributed by atoms with van der Waals surface area (Å²) in [5.74, 6) is -3.74. The molecular formula is C9H8F4OS. The first kappa shape index (κ1) is 12.3.